The van der Waals surface area contributed by atoms with Crippen LogP contribution in [0.5, 0.6) is 0 Å². The molecule has 2 heterocycles. The van der Waals surface area contributed by atoms with Crippen LogP contribution in [0.4, 0.5) is 5.13 Å². The second-order valence-electron chi connectivity index (χ2n) is 6.60. The van der Waals surface area contributed by atoms with Crippen LogP contribution in [0.25, 0.3) is 11.3 Å². The molecular formula is C19H26N4OS. The van der Waals surface area contributed by atoms with Gasteiger partial charge < -0.3 is 10.2 Å². The van der Waals surface area contributed by atoms with E-state index in [4.69, 9.17) is 0 Å². The van der Waals surface area contributed by atoms with Gasteiger partial charge in [0, 0.05) is 37.1 Å². The average Bonchev–Trinajstić information content (AvgIpc) is 3.06. The van der Waals surface area contributed by atoms with Gasteiger partial charge in [-0.2, -0.15) is 0 Å². The molecule has 6 heteroatoms. The maximum Gasteiger partial charge on any atom is 0.240 e. The topological polar surface area (TPSA) is 48.5 Å². The molecule has 1 aliphatic rings. The molecule has 0 atom stereocenters. The molecule has 0 saturated carbocycles. The predicted octanol–water partition coefficient (Wildman–Crippen LogP) is 3.00. The lowest BCUT2D eigenvalue weighted by Gasteiger charge is -2.33. The van der Waals surface area contributed by atoms with Crippen LogP contribution in [0.1, 0.15) is 18.1 Å². The van der Waals surface area contributed by atoms with E-state index >= 15 is 0 Å². The van der Waals surface area contributed by atoms with Crippen molar-refractivity contribution in [3.63, 3.8) is 0 Å². The summed E-state index contributed by atoms with van der Waals surface area (Å²) in [5, 5.41) is 5.62. The van der Waals surface area contributed by atoms with E-state index in [9.17, 15) is 4.79 Å². The Bertz CT molecular complexity index is 735. The van der Waals surface area contributed by atoms with Crippen LogP contribution < -0.4 is 5.32 Å². The van der Waals surface area contributed by atoms with Crippen molar-refractivity contribution in [1.82, 2.24) is 14.8 Å². The largest absolute Gasteiger partial charge is 0.301 e. The number of carbonyl (C=O) groups excluding carboxylic acids is 1. The van der Waals surface area contributed by atoms with Gasteiger partial charge in [0.15, 0.2) is 5.13 Å². The minimum absolute atomic E-state index is 0.0194. The van der Waals surface area contributed by atoms with E-state index in [1.165, 1.54) is 22.5 Å². The zero-order valence-corrected chi connectivity index (χ0v) is 16.0. The van der Waals surface area contributed by atoms with E-state index in [1.54, 1.807) is 0 Å². The Kier molecular flexibility index (Phi) is 5.83. The fourth-order valence-corrected chi connectivity index (χ4v) is 3.73. The standard InChI is InChI=1S/C19H26N4OS/c1-4-22-7-9-23(10-8-22)12-18(24)21-19-20-17(13-25-19)16-6-5-14(2)15(3)11-16/h5-6,11,13H,4,7-10,12H2,1-3H3,(H,20,21,24). The first kappa shape index (κ1) is 18.0. The van der Waals surface area contributed by atoms with Crippen molar-refractivity contribution in [2.45, 2.75) is 20.8 Å². The molecule has 0 spiro atoms. The van der Waals surface area contributed by atoms with Gasteiger partial charge in [0.25, 0.3) is 0 Å². The second-order valence-corrected chi connectivity index (χ2v) is 7.45. The molecule has 1 aromatic carbocycles. The fraction of sp³-hybridized carbons (Fsp3) is 0.474. The lowest BCUT2D eigenvalue weighted by molar-refractivity contribution is -0.117. The third kappa shape index (κ3) is 4.66. The van der Waals surface area contributed by atoms with Crippen molar-refractivity contribution in [2.75, 3.05) is 44.6 Å². The summed E-state index contributed by atoms with van der Waals surface area (Å²) < 4.78 is 0. The van der Waals surface area contributed by atoms with Gasteiger partial charge in [-0.3, -0.25) is 9.69 Å². The zero-order valence-electron chi connectivity index (χ0n) is 15.2. The number of thiazole rings is 1. The number of amides is 1. The van der Waals surface area contributed by atoms with Gasteiger partial charge in [-0.15, -0.1) is 11.3 Å². The molecule has 0 unspecified atom stereocenters. The van der Waals surface area contributed by atoms with Gasteiger partial charge in [0.05, 0.1) is 12.2 Å². The number of aromatic nitrogens is 1. The van der Waals surface area contributed by atoms with E-state index in [0.717, 1.165) is 44.0 Å². The SMILES string of the molecule is CCN1CCN(CC(=O)Nc2nc(-c3ccc(C)c(C)c3)cs2)CC1. The summed E-state index contributed by atoms with van der Waals surface area (Å²) in [6.07, 6.45) is 0. The van der Waals surface area contributed by atoms with Crippen LogP contribution in [0, 0.1) is 13.8 Å². The monoisotopic (exact) mass is 358 g/mol. The fourth-order valence-electron chi connectivity index (χ4n) is 2.99. The molecule has 0 radical (unpaired) electrons. The molecule has 2 aromatic rings. The summed E-state index contributed by atoms with van der Waals surface area (Å²) >= 11 is 1.48. The second kappa shape index (κ2) is 8.08. The summed E-state index contributed by atoms with van der Waals surface area (Å²) in [5.74, 6) is 0.0194. The van der Waals surface area contributed by atoms with Gasteiger partial charge in [-0.05, 0) is 37.6 Å². The first-order valence-corrected chi connectivity index (χ1v) is 9.71. The molecule has 134 valence electrons. The first-order valence-electron chi connectivity index (χ1n) is 8.83. The quantitative estimate of drug-likeness (QED) is 0.893. The maximum atomic E-state index is 12.3. The van der Waals surface area contributed by atoms with Crippen LogP contribution in [0.3, 0.4) is 0 Å². The van der Waals surface area contributed by atoms with E-state index in [0.29, 0.717) is 11.7 Å². The average molecular weight is 359 g/mol. The van der Waals surface area contributed by atoms with Crippen molar-refractivity contribution in [3.05, 3.63) is 34.7 Å². The number of benzene rings is 1. The molecule has 0 aliphatic carbocycles. The van der Waals surface area contributed by atoms with Crippen LogP contribution in [0.2, 0.25) is 0 Å². The summed E-state index contributed by atoms with van der Waals surface area (Å²) in [5.41, 5.74) is 4.54. The molecule has 1 saturated heterocycles. The molecule has 1 N–H and O–H groups in total. The van der Waals surface area contributed by atoms with Crippen LogP contribution in [-0.4, -0.2) is 60.0 Å². The normalized spacial score (nSPS) is 16.1. The lowest BCUT2D eigenvalue weighted by atomic mass is 10.1. The van der Waals surface area contributed by atoms with Crippen molar-refractivity contribution in [3.8, 4) is 11.3 Å². The minimum Gasteiger partial charge on any atom is -0.301 e. The number of nitrogens with zero attached hydrogens (tertiary/aromatic N) is 3. The maximum absolute atomic E-state index is 12.3. The van der Waals surface area contributed by atoms with Crippen molar-refractivity contribution in [1.29, 1.82) is 0 Å². The third-order valence-corrected chi connectivity index (χ3v) is 5.59. The highest BCUT2D eigenvalue weighted by Crippen LogP contribution is 2.26. The van der Waals surface area contributed by atoms with E-state index in [-0.39, 0.29) is 5.91 Å². The Hall–Kier alpha value is -1.76. The summed E-state index contributed by atoms with van der Waals surface area (Å²) in [6, 6.07) is 6.33. The lowest BCUT2D eigenvalue weighted by Crippen LogP contribution is -2.48. The molecule has 1 aliphatic heterocycles. The number of piperazine rings is 1. The molecule has 25 heavy (non-hydrogen) atoms. The number of aryl methyl sites for hydroxylation is 2. The van der Waals surface area contributed by atoms with E-state index in [2.05, 4.69) is 59.1 Å². The predicted molar refractivity (Wildman–Crippen MR) is 104 cm³/mol. The highest BCUT2D eigenvalue weighted by Gasteiger charge is 2.18. The highest BCUT2D eigenvalue weighted by atomic mass is 32.1. The van der Waals surface area contributed by atoms with Crippen molar-refractivity contribution < 1.29 is 4.79 Å². The van der Waals surface area contributed by atoms with Crippen molar-refractivity contribution >= 4 is 22.4 Å². The Balaban J connectivity index is 1.56. The number of nitrogens with one attached hydrogen (secondary N) is 1. The molecule has 0 bridgehead atoms. The Morgan fingerprint density at radius 1 is 1.16 bits per heavy atom. The molecule has 1 fully saturated rings. The molecule has 1 aromatic heterocycles. The number of carbonyl (C=O) groups is 1. The van der Waals surface area contributed by atoms with Crippen LogP contribution in [0.15, 0.2) is 23.6 Å². The number of anilines is 1. The highest BCUT2D eigenvalue weighted by molar-refractivity contribution is 7.14. The third-order valence-electron chi connectivity index (χ3n) is 4.83. The van der Waals surface area contributed by atoms with Crippen LogP contribution >= 0.6 is 11.3 Å². The Morgan fingerprint density at radius 2 is 1.88 bits per heavy atom. The summed E-state index contributed by atoms with van der Waals surface area (Å²) in [6.45, 7) is 11.9. The minimum atomic E-state index is 0.0194. The zero-order chi connectivity index (χ0) is 17.8. The first-order chi connectivity index (χ1) is 12.0. The number of likely N-dealkylation sites (N-methyl/N-ethyl adjacent to an activating group) is 1. The molecular weight excluding hydrogens is 332 g/mol. The van der Waals surface area contributed by atoms with Crippen LogP contribution in [-0.2, 0) is 4.79 Å². The van der Waals surface area contributed by atoms with Gasteiger partial charge in [0.1, 0.15) is 0 Å². The van der Waals surface area contributed by atoms with Gasteiger partial charge in [0.2, 0.25) is 5.91 Å². The molecule has 3 rings (SSSR count). The number of hydrogen-bond donors (Lipinski definition) is 1. The summed E-state index contributed by atoms with van der Waals surface area (Å²) in [4.78, 5) is 21.5. The van der Waals surface area contributed by atoms with Gasteiger partial charge in [-0.25, -0.2) is 4.98 Å². The Labute approximate surface area is 153 Å². The summed E-state index contributed by atoms with van der Waals surface area (Å²) in [7, 11) is 0. The van der Waals surface area contributed by atoms with Gasteiger partial charge in [-0.1, -0.05) is 19.1 Å². The smallest absolute Gasteiger partial charge is 0.240 e. The Morgan fingerprint density at radius 3 is 2.56 bits per heavy atom. The van der Waals surface area contributed by atoms with E-state index in [1.807, 2.05) is 5.38 Å². The van der Waals surface area contributed by atoms with E-state index < -0.39 is 0 Å². The molecule has 1 amide bonds. The molecule has 5 nitrogen and oxygen atoms in total. The number of hydrogen-bond acceptors (Lipinski definition) is 5. The number of rotatable bonds is 5. The van der Waals surface area contributed by atoms with Gasteiger partial charge >= 0.3 is 0 Å². The van der Waals surface area contributed by atoms with Crippen molar-refractivity contribution in [2.24, 2.45) is 0 Å².